The molecule has 1 aromatic heterocycles. The van der Waals surface area contributed by atoms with Gasteiger partial charge in [-0.25, -0.2) is 9.78 Å². The summed E-state index contributed by atoms with van der Waals surface area (Å²) < 4.78 is 68.8. The molecule has 1 aliphatic carbocycles. The molecule has 1 amide bonds. The Kier molecular flexibility index (Phi) is 3.65. The Morgan fingerprint density at radius 2 is 1.85 bits per heavy atom. The molecule has 1 fully saturated rings. The first kappa shape index (κ1) is 16.6. The van der Waals surface area contributed by atoms with Gasteiger partial charge in [-0.15, -0.1) is 8.78 Å². The Hall–Kier alpha value is -4.01. The summed E-state index contributed by atoms with van der Waals surface area (Å²) >= 11 is 0. The lowest BCUT2D eigenvalue weighted by Gasteiger charge is -2.17. The molecule has 0 unspecified atom stereocenters. The Morgan fingerprint density at radius 1 is 1.09 bits per heavy atom. The van der Waals surface area contributed by atoms with E-state index in [9.17, 15) is 23.5 Å². The van der Waals surface area contributed by atoms with Gasteiger partial charge in [-0.05, 0) is 61.1 Å². The number of ether oxygens (including phenoxy) is 2. The maximum atomic E-state index is 13.5. The average Bonchev–Trinajstić information content (AvgIpc) is 3.02. The summed E-state index contributed by atoms with van der Waals surface area (Å²) in [7, 11) is 0. The first-order valence-electron chi connectivity index (χ1n) is 11.7. The number of fused-ring (bicyclic) bond motifs is 1. The van der Waals surface area contributed by atoms with Gasteiger partial charge in [0, 0.05) is 11.0 Å². The average molecular weight is 456 g/mol. The van der Waals surface area contributed by atoms with Crippen molar-refractivity contribution in [2.24, 2.45) is 0 Å². The summed E-state index contributed by atoms with van der Waals surface area (Å²) in [5.74, 6) is -3.06. The van der Waals surface area contributed by atoms with Crippen LogP contribution in [0.1, 0.15) is 39.7 Å². The van der Waals surface area contributed by atoms with Crippen LogP contribution in [-0.2, 0) is 10.2 Å². The highest BCUT2D eigenvalue weighted by Gasteiger charge is 2.53. The van der Waals surface area contributed by atoms with E-state index in [-0.39, 0.29) is 22.7 Å². The van der Waals surface area contributed by atoms with Gasteiger partial charge in [-0.1, -0.05) is 24.3 Å². The van der Waals surface area contributed by atoms with Gasteiger partial charge in [0.1, 0.15) is 5.82 Å². The topological polar surface area (TPSA) is 97.8 Å². The number of halogens is 2. The first-order valence-corrected chi connectivity index (χ1v) is 9.74. The number of aryl methyl sites for hydroxylation is 1. The predicted molar refractivity (Wildman–Crippen MR) is 114 cm³/mol. The predicted octanol–water partition coefficient (Wildman–Crippen LogP) is 4.75. The molecule has 2 aromatic carbocycles. The second-order valence-corrected chi connectivity index (χ2v) is 7.53. The molecular weight excluding hydrogens is 434 g/mol. The van der Waals surface area contributed by atoms with Gasteiger partial charge in [0.15, 0.2) is 11.5 Å². The lowest BCUT2D eigenvalue weighted by molar-refractivity contribution is -0.286. The molecule has 0 bridgehead atoms. The van der Waals surface area contributed by atoms with E-state index in [1.54, 1.807) is 19.1 Å². The van der Waals surface area contributed by atoms with Crippen molar-refractivity contribution in [1.82, 2.24) is 4.98 Å². The third-order valence-electron chi connectivity index (χ3n) is 5.27. The molecule has 0 atom stereocenters. The van der Waals surface area contributed by atoms with Gasteiger partial charge >= 0.3 is 12.3 Å². The van der Waals surface area contributed by atoms with Crippen LogP contribution in [0.25, 0.3) is 11.3 Å². The zero-order valence-corrected chi connectivity index (χ0v) is 17.0. The summed E-state index contributed by atoms with van der Waals surface area (Å²) in [6.45, 7) is 1.73. The van der Waals surface area contributed by atoms with Crippen LogP contribution < -0.4 is 14.8 Å². The van der Waals surface area contributed by atoms with Gasteiger partial charge in [-0.2, -0.15) is 0 Å². The second-order valence-electron chi connectivity index (χ2n) is 7.53. The minimum atomic E-state index is -3.95. The second kappa shape index (κ2) is 7.26. The molecule has 0 saturated heterocycles. The fourth-order valence-corrected chi connectivity index (χ4v) is 3.53. The zero-order chi connectivity index (χ0) is 27.0. The number of rotatable bonds is 5. The molecular formula is C24H18F2N2O5. The van der Waals surface area contributed by atoms with E-state index in [4.69, 9.17) is 5.48 Å². The van der Waals surface area contributed by atoms with Crippen molar-refractivity contribution >= 4 is 17.7 Å². The number of alkyl halides is 2. The van der Waals surface area contributed by atoms with Crippen molar-refractivity contribution in [1.29, 1.82) is 0 Å². The summed E-state index contributed by atoms with van der Waals surface area (Å²) in [4.78, 5) is 29.2. The fraction of sp³-hybridized carbons (Fsp3) is 0.208. The first-order chi connectivity index (χ1) is 17.2. The maximum absolute atomic E-state index is 13.5. The molecule has 0 spiro atoms. The lowest BCUT2D eigenvalue weighted by Crippen LogP contribution is -2.28. The van der Waals surface area contributed by atoms with Gasteiger partial charge in [0.25, 0.3) is 0 Å². The maximum Gasteiger partial charge on any atom is 0.586 e. The van der Waals surface area contributed by atoms with Gasteiger partial charge in [0.05, 0.1) is 16.7 Å². The quantitative estimate of drug-likeness (QED) is 0.575. The van der Waals surface area contributed by atoms with Crippen molar-refractivity contribution in [2.45, 2.75) is 31.4 Å². The summed E-state index contributed by atoms with van der Waals surface area (Å²) in [5, 5.41) is 11.7. The van der Waals surface area contributed by atoms with E-state index in [1.165, 1.54) is 24.3 Å². The van der Waals surface area contributed by atoms with Gasteiger partial charge in [-0.3, -0.25) is 4.79 Å². The molecule has 9 heteroatoms. The molecule has 33 heavy (non-hydrogen) atoms. The number of pyridine rings is 1. The Bertz CT molecular complexity index is 1470. The van der Waals surface area contributed by atoms with Gasteiger partial charge < -0.3 is 19.9 Å². The third-order valence-corrected chi connectivity index (χ3v) is 5.27. The highest BCUT2D eigenvalue weighted by atomic mass is 19.3. The van der Waals surface area contributed by atoms with E-state index in [0.29, 0.717) is 16.8 Å². The van der Waals surface area contributed by atoms with Crippen LogP contribution in [0.5, 0.6) is 11.5 Å². The molecule has 1 aliphatic heterocycles. The van der Waals surface area contributed by atoms with Crippen LogP contribution in [0.3, 0.4) is 0 Å². The normalized spacial score (nSPS) is 21.7. The summed E-state index contributed by atoms with van der Waals surface area (Å²) in [5.41, 5.74) is -1.14. The number of hydrogen-bond acceptors (Lipinski definition) is 5. The number of aromatic nitrogens is 1. The highest BCUT2D eigenvalue weighted by molar-refractivity contribution is 6.01. The molecule has 168 valence electrons. The van der Waals surface area contributed by atoms with E-state index < -0.39 is 42.1 Å². The Morgan fingerprint density at radius 3 is 2.58 bits per heavy atom. The third kappa shape index (κ3) is 3.75. The Balaban J connectivity index is 1.52. The number of aromatic carboxylic acids is 1. The number of carbonyl (C=O) groups is 2. The van der Waals surface area contributed by atoms with Crippen molar-refractivity contribution in [3.8, 4) is 22.8 Å². The van der Waals surface area contributed by atoms with Crippen molar-refractivity contribution in [3.05, 3.63) is 71.3 Å². The molecule has 3 aromatic rings. The Labute approximate surface area is 192 Å². The number of nitrogens with one attached hydrogen (secondary N) is 1. The molecule has 1 saturated carbocycles. The number of carboxylic acids is 1. The summed E-state index contributed by atoms with van der Waals surface area (Å²) in [6, 6.07) is 12.2. The number of hydrogen-bond donors (Lipinski definition) is 2. The SMILES string of the molecule is [2H]C1([2H])C([2H])([2H])C1(C(=O)Nc1ccc(C)c(-c2cccc(C(=O)O)c2)n1)c1ccc2c(c1)OC(F)(F)O2. The van der Waals surface area contributed by atoms with Crippen LogP contribution in [0.4, 0.5) is 14.6 Å². The number of carbonyl (C=O) groups excluding carboxylic acids is 1. The zero-order valence-electron chi connectivity index (χ0n) is 21.0. The number of anilines is 1. The summed E-state index contributed by atoms with van der Waals surface area (Å²) in [6.07, 6.45) is -9.36. The van der Waals surface area contributed by atoms with Crippen molar-refractivity contribution in [2.75, 3.05) is 5.32 Å². The lowest BCUT2D eigenvalue weighted by atomic mass is 9.94. The van der Waals surface area contributed by atoms with Crippen LogP contribution in [-0.4, -0.2) is 28.3 Å². The smallest absolute Gasteiger partial charge is 0.478 e. The van der Waals surface area contributed by atoms with Crippen LogP contribution in [0.2, 0.25) is 0 Å². The molecule has 0 radical (unpaired) electrons. The number of nitrogens with zero attached hydrogens (tertiary/aromatic N) is 1. The monoisotopic (exact) mass is 456 g/mol. The van der Waals surface area contributed by atoms with E-state index >= 15 is 0 Å². The minimum Gasteiger partial charge on any atom is -0.478 e. The van der Waals surface area contributed by atoms with Gasteiger partial charge in [0.2, 0.25) is 5.91 Å². The molecule has 7 nitrogen and oxygen atoms in total. The minimum absolute atomic E-state index is 0.0276. The fourth-order valence-electron chi connectivity index (χ4n) is 3.53. The number of benzene rings is 2. The van der Waals surface area contributed by atoms with E-state index in [0.717, 1.165) is 18.2 Å². The molecule has 2 heterocycles. The molecule has 2 aliphatic rings. The van der Waals surface area contributed by atoms with Crippen LogP contribution >= 0.6 is 0 Å². The van der Waals surface area contributed by atoms with Crippen molar-refractivity contribution in [3.63, 3.8) is 0 Å². The number of amides is 1. The highest BCUT2D eigenvalue weighted by Crippen LogP contribution is 2.52. The standard InChI is InChI=1S/C24H18F2N2O5/c1-13-5-8-19(27-20(13)14-3-2-4-15(11-14)21(29)30)28-22(31)23(9-10-23)16-6-7-17-18(12-16)33-24(25,26)32-17/h2-8,11-12H,9-10H2,1H3,(H,29,30)(H,27,28,31)/i9D2,10D2. The van der Waals surface area contributed by atoms with Crippen LogP contribution in [0.15, 0.2) is 54.6 Å². The van der Waals surface area contributed by atoms with Crippen molar-refractivity contribution < 1.29 is 38.4 Å². The molecule has 5 rings (SSSR count). The molecule has 2 N–H and O–H groups in total. The van der Waals surface area contributed by atoms with E-state index in [1.807, 2.05) is 0 Å². The van der Waals surface area contributed by atoms with Crippen LogP contribution in [0, 0.1) is 6.92 Å². The van der Waals surface area contributed by atoms with E-state index in [2.05, 4.69) is 19.8 Å². The largest absolute Gasteiger partial charge is 0.586 e. The number of carboxylic acid groups (broad SMARTS) is 1.